The summed E-state index contributed by atoms with van der Waals surface area (Å²) in [4.78, 5) is 2.73. The lowest BCUT2D eigenvalue weighted by atomic mass is 9.72. The molecule has 3 atom stereocenters. The zero-order chi connectivity index (χ0) is 10.5. The summed E-state index contributed by atoms with van der Waals surface area (Å²) < 4.78 is 0. The summed E-state index contributed by atoms with van der Waals surface area (Å²) >= 11 is 0. The standard InChI is InChI=1S/C15H19N/c1-2-9-14-12(7-1)13-8-3-5-11-6-4-10-16(14)15(11)13/h1-2,7,9,11,13,15H,3-6,8,10H2/t11-,13-,15+/m1/s1. The second-order valence-corrected chi connectivity index (χ2v) is 5.68. The van der Waals surface area contributed by atoms with Crippen molar-refractivity contribution in [2.45, 2.75) is 44.1 Å². The molecular formula is C15H19N. The Balaban J connectivity index is 1.85. The van der Waals surface area contributed by atoms with Crippen LogP contribution < -0.4 is 4.90 Å². The number of hydrogen-bond acceptors (Lipinski definition) is 1. The van der Waals surface area contributed by atoms with Gasteiger partial charge in [0.25, 0.3) is 0 Å². The van der Waals surface area contributed by atoms with E-state index in [0.717, 1.165) is 17.9 Å². The maximum atomic E-state index is 2.73. The molecule has 2 fully saturated rings. The quantitative estimate of drug-likeness (QED) is 0.637. The van der Waals surface area contributed by atoms with Crippen molar-refractivity contribution in [2.75, 3.05) is 11.4 Å². The third-order valence-electron chi connectivity index (χ3n) is 4.96. The Hall–Kier alpha value is -0.980. The average molecular weight is 213 g/mol. The smallest absolute Gasteiger partial charge is 0.0405 e. The van der Waals surface area contributed by atoms with Crippen LogP contribution in [0, 0.1) is 5.92 Å². The average Bonchev–Trinajstić information content (AvgIpc) is 2.68. The Morgan fingerprint density at radius 1 is 1.00 bits per heavy atom. The van der Waals surface area contributed by atoms with Gasteiger partial charge in [-0.3, -0.25) is 0 Å². The number of piperidine rings is 1. The number of anilines is 1. The summed E-state index contributed by atoms with van der Waals surface area (Å²) in [7, 11) is 0. The Labute approximate surface area is 97.5 Å². The molecule has 0 amide bonds. The van der Waals surface area contributed by atoms with Crippen molar-refractivity contribution < 1.29 is 0 Å². The van der Waals surface area contributed by atoms with Gasteiger partial charge in [0.05, 0.1) is 0 Å². The number of para-hydroxylation sites is 1. The van der Waals surface area contributed by atoms with Gasteiger partial charge >= 0.3 is 0 Å². The highest BCUT2D eigenvalue weighted by Gasteiger charge is 2.45. The molecule has 1 aliphatic carbocycles. The number of nitrogens with zero attached hydrogens (tertiary/aromatic N) is 1. The summed E-state index contributed by atoms with van der Waals surface area (Å²) in [5.74, 6) is 1.84. The second-order valence-electron chi connectivity index (χ2n) is 5.68. The SMILES string of the molecule is c1ccc2c(c1)[C@H]1CCC[C@@H]3CCCN2[C@@H]31. The van der Waals surface area contributed by atoms with Crippen LogP contribution in [0.2, 0.25) is 0 Å². The summed E-state index contributed by atoms with van der Waals surface area (Å²) in [6, 6.07) is 10.0. The summed E-state index contributed by atoms with van der Waals surface area (Å²) in [5, 5.41) is 0. The molecule has 0 unspecified atom stereocenters. The first kappa shape index (κ1) is 9.09. The van der Waals surface area contributed by atoms with Crippen LogP contribution in [0.25, 0.3) is 0 Å². The topological polar surface area (TPSA) is 3.24 Å². The fraction of sp³-hybridized carbons (Fsp3) is 0.600. The molecule has 3 aliphatic rings. The fourth-order valence-corrected chi connectivity index (χ4v) is 4.41. The Morgan fingerprint density at radius 3 is 2.88 bits per heavy atom. The summed E-state index contributed by atoms with van der Waals surface area (Å²) in [6.07, 6.45) is 7.24. The number of hydrogen-bond donors (Lipinski definition) is 0. The zero-order valence-electron chi connectivity index (χ0n) is 9.73. The maximum Gasteiger partial charge on any atom is 0.0405 e. The number of benzene rings is 1. The van der Waals surface area contributed by atoms with Gasteiger partial charge in [-0.05, 0) is 43.2 Å². The number of rotatable bonds is 0. The molecule has 84 valence electrons. The van der Waals surface area contributed by atoms with Crippen LogP contribution in [-0.2, 0) is 0 Å². The summed E-state index contributed by atoms with van der Waals surface area (Å²) in [6.45, 7) is 1.30. The van der Waals surface area contributed by atoms with Crippen molar-refractivity contribution in [3.8, 4) is 0 Å². The molecule has 1 aromatic carbocycles. The Bertz CT molecular complexity index is 375. The molecule has 1 saturated carbocycles. The number of fused-ring (bicyclic) bond motifs is 3. The van der Waals surface area contributed by atoms with Crippen LogP contribution in [0.5, 0.6) is 0 Å². The molecule has 16 heavy (non-hydrogen) atoms. The molecule has 2 heterocycles. The predicted octanol–water partition coefficient (Wildman–Crippen LogP) is 3.55. The van der Waals surface area contributed by atoms with Gasteiger partial charge in [0.1, 0.15) is 0 Å². The minimum atomic E-state index is 0.857. The van der Waals surface area contributed by atoms with Crippen LogP contribution in [0.3, 0.4) is 0 Å². The highest BCUT2D eigenvalue weighted by atomic mass is 15.2. The molecule has 4 rings (SSSR count). The molecule has 0 radical (unpaired) electrons. The third-order valence-corrected chi connectivity index (χ3v) is 4.96. The van der Waals surface area contributed by atoms with Gasteiger partial charge in [0.15, 0.2) is 0 Å². The van der Waals surface area contributed by atoms with E-state index >= 15 is 0 Å². The Kier molecular flexibility index (Phi) is 1.85. The lowest BCUT2D eigenvalue weighted by molar-refractivity contribution is 0.231. The lowest BCUT2D eigenvalue weighted by Crippen LogP contribution is -2.46. The molecule has 1 saturated heterocycles. The first-order chi connectivity index (χ1) is 7.95. The highest BCUT2D eigenvalue weighted by molar-refractivity contribution is 5.62. The van der Waals surface area contributed by atoms with Crippen LogP contribution in [0.15, 0.2) is 24.3 Å². The normalized spacial score (nSPS) is 35.8. The van der Waals surface area contributed by atoms with E-state index in [2.05, 4.69) is 29.2 Å². The lowest BCUT2D eigenvalue weighted by Gasteiger charge is -2.43. The van der Waals surface area contributed by atoms with Gasteiger partial charge in [-0.1, -0.05) is 24.6 Å². The van der Waals surface area contributed by atoms with E-state index < -0.39 is 0 Å². The third kappa shape index (κ3) is 1.07. The van der Waals surface area contributed by atoms with Crippen LogP contribution >= 0.6 is 0 Å². The molecule has 1 heteroatoms. The van der Waals surface area contributed by atoms with Crippen molar-refractivity contribution in [1.29, 1.82) is 0 Å². The first-order valence-corrected chi connectivity index (χ1v) is 6.81. The minimum absolute atomic E-state index is 0.857. The molecule has 0 N–H and O–H groups in total. The molecule has 0 aromatic heterocycles. The molecule has 0 spiro atoms. The van der Waals surface area contributed by atoms with Gasteiger partial charge in [-0.2, -0.15) is 0 Å². The van der Waals surface area contributed by atoms with E-state index in [4.69, 9.17) is 0 Å². The highest BCUT2D eigenvalue weighted by Crippen LogP contribution is 2.52. The molecule has 1 aromatic rings. The predicted molar refractivity (Wildman–Crippen MR) is 66.9 cm³/mol. The van der Waals surface area contributed by atoms with E-state index in [1.54, 1.807) is 11.3 Å². The van der Waals surface area contributed by atoms with Gasteiger partial charge in [-0.15, -0.1) is 0 Å². The minimum Gasteiger partial charge on any atom is -0.367 e. The second kappa shape index (κ2) is 3.26. The van der Waals surface area contributed by atoms with Crippen molar-refractivity contribution in [2.24, 2.45) is 5.92 Å². The van der Waals surface area contributed by atoms with Crippen molar-refractivity contribution in [3.63, 3.8) is 0 Å². The van der Waals surface area contributed by atoms with Gasteiger partial charge in [-0.25, -0.2) is 0 Å². The maximum absolute atomic E-state index is 2.73. The van der Waals surface area contributed by atoms with Crippen molar-refractivity contribution in [1.82, 2.24) is 0 Å². The van der Waals surface area contributed by atoms with E-state index in [-0.39, 0.29) is 0 Å². The van der Waals surface area contributed by atoms with Crippen molar-refractivity contribution >= 4 is 5.69 Å². The fourth-order valence-electron chi connectivity index (χ4n) is 4.41. The molecular weight excluding hydrogens is 194 g/mol. The van der Waals surface area contributed by atoms with Crippen LogP contribution in [-0.4, -0.2) is 12.6 Å². The monoisotopic (exact) mass is 213 g/mol. The Morgan fingerprint density at radius 2 is 1.88 bits per heavy atom. The zero-order valence-corrected chi connectivity index (χ0v) is 9.73. The molecule has 2 aliphatic heterocycles. The van der Waals surface area contributed by atoms with Crippen LogP contribution in [0.4, 0.5) is 5.69 Å². The van der Waals surface area contributed by atoms with E-state index in [1.807, 2.05) is 0 Å². The van der Waals surface area contributed by atoms with E-state index in [9.17, 15) is 0 Å². The van der Waals surface area contributed by atoms with Crippen LogP contribution in [0.1, 0.15) is 43.6 Å². The van der Waals surface area contributed by atoms with Gasteiger partial charge in [0, 0.05) is 24.2 Å². The first-order valence-electron chi connectivity index (χ1n) is 6.81. The van der Waals surface area contributed by atoms with Gasteiger partial charge < -0.3 is 4.90 Å². The molecule has 1 nitrogen and oxygen atoms in total. The molecule has 0 bridgehead atoms. The largest absolute Gasteiger partial charge is 0.367 e. The van der Waals surface area contributed by atoms with E-state index in [0.29, 0.717) is 0 Å². The van der Waals surface area contributed by atoms with Gasteiger partial charge in [0.2, 0.25) is 0 Å². The van der Waals surface area contributed by atoms with Crippen molar-refractivity contribution in [3.05, 3.63) is 29.8 Å². The van der Waals surface area contributed by atoms with E-state index in [1.165, 1.54) is 38.6 Å². The summed E-state index contributed by atoms with van der Waals surface area (Å²) in [5.41, 5.74) is 3.21.